The van der Waals surface area contributed by atoms with Crippen LogP contribution in [0.2, 0.25) is 0 Å². The molecular formula is C41H61N5O9S. The van der Waals surface area contributed by atoms with Crippen LogP contribution in [0.1, 0.15) is 107 Å². The van der Waals surface area contributed by atoms with Crippen molar-refractivity contribution in [2.24, 2.45) is 17.8 Å². The van der Waals surface area contributed by atoms with Gasteiger partial charge in [-0.05, 0) is 68.8 Å². The molecule has 1 fully saturated rings. The van der Waals surface area contributed by atoms with Crippen LogP contribution in [0.3, 0.4) is 0 Å². The van der Waals surface area contributed by atoms with Gasteiger partial charge < -0.3 is 35.2 Å². The summed E-state index contributed by atoms with van der Waals surface area (Å²) in [6.45, 7) is 15.3. The second-order valence-corrected chi connectivity index (χ2v) is 16.1. The van der Waals surface area contributed by atoms with E-state index in [2.05, 4.69) is 22.2 Å². The van der Waals surface area contributed by atoms with E-state index < -0.39 is 48.0 Å². The standard InChI is InChI=1S/C41H61N5O9S/c1-9-19-54-24-46(40(51)36(26(5)10-2)44-38(50)33-13-11-12-18-45(33)8)34(25(3)4)22-35(55-28(7)47)39-43-32(23-56-39)37(49)42-30(20-27(6)41(52)53)21-29-14-16-31(48)17-15-29/h9,14-17,23,25-27,30,33-36,48H,1,10-13,18-22,24H2,2-8H3,(H,42,49)(H,44,50)(H,52,53)/t26?,27-,30+,33+,34?,35+,36-/m0/s1. The Bertz CT molecular complexity index is 1620. The van der Waals surface area contributed by atoms with Crippen LogP contribution >= 0.6 is 11.3 Å². The van der Waals surface area contributed by atoms with Crippen molar-refractivity contribution < 1.29 is 43.7 Å². The van der Waals surface area contributed by atoms with Crippen LogP contribution < -0.4 is 10.6 Å². The number of aromatic nitrogens is 1. The number of ether oxygens (including phenoxy) is 2. The molecule has 0 bridgehead atoms. The Morgan fingerprint density at radius 1 is 1.09 bits per heavy atom. The molecule has 1 saturated heterocycles. The molecule has 0 aliphatic carbocycles. The molecule has 1 aliphatic rings. The number of phenolic OH excluding ortho intramolecular Hbond substituents is 1. The lowest BCUT2D eigenvalue weighted by molar-refractivity contribution is -0.153. The van der Waals surface area contributed by atoms with E-state index in [9.17, 15) is 34.2 Å². The number of carbonyl (C=O) groups is 5. The quantitative estimate of drug-likeness (QED) is 0.0523. The average molecular weight is 800 g/mol. The molecule has 0 saturated carbocycles. The number of aliphatic carboxylic acids is 1. The van der Waals surface area contributed by atoms with E-state index in [1.54, 1.807) is 35.4 Å². The lowest BCUT2D eigenvalue weighted by Gasteiger charge is -2.39. The van der Waals surface area contributed by atoms with E-state index in [4.69, 9.17) is 9.47 Å². The third kappa shape index (κ3) is 13.7. The maximum atomic E-state index is 14.7. The number of nitrogens with zero attached hydrogens (tertiary/aromatic N) is 3. The SMILES string of the molecule is C=CCOCN(C(=O)[C@@H](NC(=O)[C@H]1CCCCN1C)C(C)CC)C(C[C@@H](OC(C)=O)c1nc(C(=O)N[C@@H](Cc2ccc(O)cc2)C[C@H](C)C(=O)O)cs1)C(C)C. The van der Waals surface area contributed by atoms with Crippen LogP contribution in [-0.2, 0) is 35.1 Å². The van der Waals surface area contributed by atoms with Crippen molar-refractivity contribution >= 4 is 41.0 Å². The lowest BCUT2D eigenvalue weighted by Crippen LogP contribution is -2.59. The van der Waals surface area contributed by atoms with Crippen LogP contribution in [0.5, 0.6) is 5.75 Å². The molecule has 56 heavy (non-hydrogen) atoms. The topological polar surface area (TPSA) is 188 Å². The molecule has 3 rings (SSSR count). The molecule has 0 radical (unpaired) electrons. The molecule has 1 aliphatic heterocycles. The molecule has 2 aromatic rings. The number of thiazole rings is 1. The highest BCUT2D eigenvalue weighted by molar-refractivity contribution is 7.09. The predicted molar refractivity (Wildman–Crippen MR) is 214 cm³/mol. The average Bonchev–Trinajstić information content (AvgIpc) is 3.65. The monoisotopic (exact) mass is 799 g/mol. The first kappa shape index (κ1) is 46.0. The minimum absolute atomic E-state index is 0.0661. The number of phenols is 1. The largest absolute Gasteiger partial charge is 0.508 e. The van der Waals surface area contributed by atoms with Crippen LogP contribution in [0.4, 0.5) is 0 Å². The van der Waals surface area contributed by atoms with E-state index in [-0.39, 0.29) is 67.3 Å². The normalized spacial score (nSPS) is 17.8. The fourth-order valence-electron chi connectivity index (χ4n) is 6.89. The number of piperidine rings is 1. The van der Waals surface area contributed by atoms with E-state index in [0.717, 1.165) is 36.3 Å². The number of aromatic hydroxyl groups is 1. The van der Waals surface area contributed by atoms with Crippen molar-refractivity contribution in [2.75, 3.05) is 26.9 Å². The molecule has 2 unspecified atom stereocenters. The Kier molecular flexibility index (Phi) is 18.4. The number of hydrogen-bond acceptors (Lipinski definition) is 11. The Balaban J connectivity index is 1.91. The number of rotatable bonds is 22. The van der Waals surface area contributed by atoms with Gasteiger partial charge in [0, 0.05) is 30.8 Å². The zero-order chi connectivity index (χ0) is 41.5. The Labute approximate surface area is 335 Å². The molecular weight excluding hydrogens is 739 g/mol. The summed E-state index contributed by atoms with van der Waals surface area (Å²) in [5, 5.41) is 27.2. The van der Waals surface area contributed by atoms with Gasteiger partial charge in [-0.25, -0.2) is 4.98 Å². The molecule has 4 N–H and O–H groups in total. The van der Waals surface area contributed by atoms with Gasteiger partial charge in [0.25, 0.3) is 5.91 Å². The van der Waals surface area contributed by atoms with Gasteiger partial charge in [-0.1, -0.05) is 65.7 Å². The fraction of sp³-hybridized carbons (Fsp3) is 0.610. The summed E-state index contributed by atoms with van der Waals surface area (Å²) in [4.78, 5) is 74.3. The van der Waals surface area contributed by atoms with Crippen LogP contribution in [0.15, 0.2) is 42.3 Å². The van der Waals surface area contributed by atoms with Crippen molar-refractivity contribution in [3.8, 4) is 5.75 Å². The molecule has 310 valence electrons. The number of amides is 3. The summed E-state index contributed by atoms with van der Waals surface area (Å²) >= 11 is 1.13. The van der Waals surface area contributed by atoms with Gasteiger partial charge in [0.2, 0.25) is 11.8 Å². The smallest absolute Gasteiger partial charge is 0.306 e. The number of esters is 1. The summed E-state index contributed by atoms with van der Waals surface area (Å²) in [7, 11) is 1.92. The predicted octanol–water partition coefficient (Wildman–Crippen LogP) is 5.32. The first-order valence-corrected chi connectivity index (χ1v) is 20.4. The van der Waals surface area contributed by atoms with Gasteiger partial charge in [-0.3, -0.25) is 28.9 Å². The first-order valence-electron chi connectivity index (χ1n) is 19.5. The molecule has 2 heterocycles. The second-order valence-electron chi connectivity index (χ2n) is 15.2. The molecule has 15 heteroatoms. The van der Waals surface area contributed by atoms with Crippen LogP contribution in [0, 0.1) is 17.8 Å². The summed E-state index contributed by atoms with van der Waals surface area (Å²) in [6, 6.07) is 4.19. The molecule has 0 spiro atoms. The van der Waals surface area contributed by atoms with Gasteiger partial charge in [0.1, 0.15) is 29.2 Å². The molecule has 7 atom stereocenters. The summed E-state index contributed by atoms with van der Waals surface area (Å²) in [6.07, 6.45) is 4.54. The van der Waals surface area contributed by atoms with Gasteiger partial charge in [-0.15, -0.1) is 17.9 Å². The van der Waals surface area contributed by atoms with Gasteiger partial charge in [0.05, 0.1) is 18.6 Å². The van der Waals surface area contributed by atoms with Crippen molar-refractivity contribution in [2.45, 2.75) is 117 Å². The summed E-state index contributed by atoms with van der Waals surface area (Å²) < 4.78 is 11.7. The number of hydrogen-bond donors (Lipinski definition) is 4. The van der Waals surface area contributed by atoms with Crippen LogP contribution in [-0.4, -0.2) is 106 Å². The highest BCUT2D eigenvalue weighted by atomic mass is 32.1. The lowest BCUT2D eigenvalue weighted by atomic mass is 9.92. The fourth-order valence-corrected chi connectivity index (χ4v) is 7.73. The maximum Gasteiger partial charge on any atom is 0.306 e. The number of carbonyl (C=O) groups excluding carboxylic acids is 4. The minimum atomic E-state index is -0.994. The maximum absolute atomic E-state index is 14.7. The summed E-state index contributed by atoms with van der Waals surface area (Å²) in [5.41, 5.74) is 0.864. The zero-order valence-corrected chi connectivity index (χ0v) is 34.7. The van der Waals surface area contributed by atoms with Gasteiger partial charge >= 0.3 is 11.9 Å². The Hall–Kier alpha value is -4.34. The number of likely N-dealkylation sites (tertiary alicyclic amines) is 1. The first-order chi connectivity index (χ1) is 26.6. The van der Waals surface area contributed by atoms with Gasteiger partial charge in [0.15, 0.2) is 6.10 Å². The van der Waals surface area contributed by atoms with Gasteiger partial charge in [-0.2, -0.15) is 0 Å². The zero-order valence-electron chi connectivity index (χ0n) is 33.9. The van der Waals surface area contributed by atoms with Crippen LogP contribution in [0.25, 0.3) is 0 Å². The second kappa shape index (κ2) is 22.4. The molecule has 1 aromatic heterocycles. The highest BCUT2D eigenvalue weighted by Gasteiger charge is 2.39. The number of likely N-dealkylation sites (N-methyl/N-ethyl adjacent to an activating group) is 1. The summed E-state index contributed by atoms with van der Waals surface area (Å²) in [5.74, 6) is -3.61. The van der Waals surface area contributed by atoms with Crippen molar-refractivity contribution in [3.05, 3.63) is 58.6 Å². The minimum Gasteiger partial charge on any atom is -0.508 e. The van der Waals surface area contributed by atoms with Crippen molar-refractivity contribution in [3.63, 3.8) is 0 Å². The Morgan fingerprint density at radius 3 is 2.38 bits per heavy atom. The van der Waals surface area contributed by atoms with E-state index >= 15 is 0 Å². The van der Waals surface area contributed by atoms with Crippen molar-refractivity contribution in [1.82, 2.24) is 25.4 Å². The van der Waals surface area contributed by atoms with E-state index in [0.29, 0.717) is 24.3 Å². The molecule has 14 nitrogen and oxygen atoms in total. The third-order valence-corrected chi connectivity index (χ3v) is 11.3. The van der Waals surface area contributed by atoms with E-state index in [1.807, 2.05) is 39.6 Å². The van der Waals surface area contributed by atoms with Crippen molar-refractivity contribution in [1.29, 1.82) is 0 Å². The number of nitrogens with one attached hydrogen (secondary N) is 2. The van der Waals surface area contributed by atoms with E-state index in [1.165, 1.54) is 19.1 Å². The molecule has 1 aromatic carbocycles. The number of carboxylic acid groups (broad SMARTS) is 1. The number of benzene rings is 1. The molecule has 3 amide bonds. The third-order valence-electron chi connectivity index (χ3n) is 10.4. The Morgan fingerprint density at radius 2 is 1.79 bits per heavy atom. The highest BCUT2D eigenvalue weighted by Crippen LogP contribution is 2.32. The number of carboxylic acids is 1.